The van der Waals surface area contributed by atoms with Crippen LogP contribution in [0.3, 0.4) is 0 Å². The molecule has 7 heteroatoms. The summed E-state index contributed by atoms with van der Waals surface area (Å²) < 4.78 is 9.75. The lowest BCUT2D eigenvalue weighted by molar-refractivity contribution is 0.427. The molecule has 0 aliphatic heterocycles. The van der Waals surface area contributed by atoms with Crippen LogP contribution in [0.4, 0.5) is 0 Å². The molecule has 0 radical (unpaired) electrons. The Morgan fingerprint density at radius 1 is 1.08 bits per heavy atom. The molecule has 0 unspecified atom stereocenters. The van der Waals surface area contributed by atoms with E-state index in [9.17, 15) is 9.59 Å². The molecule has 0 spiro atoms. The van der Waals surface area contributed by atoms with Gasteiger partial charge in [0.25, 0.3) is 5.56 Å². The third-order valence-corrected chi connectivity index (χ3v) is 4.59. The molecule has 3 heterocycles. The Morgan fingerprint density at radius 3 is 2.46 bits per heavy atom. The zero-order valence-corrected chi connectivity index (χ0v) is 14.8. The number of nitrogens with zero attached hydrogens (tertiary/aromatic N) is 4. The first kappa shape index (κ1) is 16.1. The summed E-state index contributed by atoms with van der Waals surface area (Å²) >= 11 is 0. The van der Waals surface area contributed by atoms with Gasteiger partial charge < -0.3 is 9.09 Å². The largest absolute Gasteiger partial charge is 0.356 e. The van der Waals surface area contributed by atoms with Gasteiger partial charge in [0.1, 0.15) is 5.52 Å². The van der Waals surface area contributed by atoms with E-state index in [0.29, 0.717) is 16.8 Å². The molecule has 0 aliphatic rings. The highest BCUT2D eigenvalue weighted by molar-refractivity contribution is 5.75. The van der Waals surface area contributed by atoms with E-state index in [2.05, 4.69) is 5.16 Å². The summed E-state index contributed by atoms with van der Waals surface area (Å²) in [7, 11) is 3.47. The van der Waals surface area contributed by atoms with E-state index in [0.717, 1.165) is 16.8 Å². The summed E-state index contributed by atoms with van der Waals surface area (Å²) in [6.45, 7) is 2.08. The molecule has 4 aromatic rings. The van der Waals surface area contributed by atoms with Crippen LogP contribution in [0.2, 0.25) is 0 Å². The number of fused-ring (bicyclic) bond motifs is 1. The van der Waals surface area contributed by atoms with Crippen LogP contribution >= 0.6 is 0 Å². The van der Waals surface area contributed by atoms with Gasteiger partial charge in [0.05, 0.1) is 17.8 Å². The van der Waals surface area contributed by atoms with Gasteiger partial charge in [0.2, 0.25) is 0 Å². The molecule has 26 heavy (non-hydrogen) atoms. The van der Waals surface area contributed by atoms with Crippen LogP contribution in [0.1, 0.15) is 11.3 Å². The minimum absolute atomic E-state index is 0.211. The maximum absolute atomic E-state index is 12.8. The normalized spacial score (nSPS) is 11.3. The minimum Gasteiger partial charge on any atom is -0.356 e. The predicted octanol–water partition coefficient (Wildman–Crippen LogP) is 2.05. The molecule has 0 aliphatic carbocycles. The molecule has 4 rings (SSSR count). The first-order chi connectivity index (χ1) is 12.5. The van der Waals surface area contributed by atoms with E-state index < -0.39 is 0 Å². The lowest BCUT2D eigenvalue weighted by Crippen LogP contribution is -2.39. The van der Waals surface area contributed by atoms with Gasteiger partial charge in [0.15, 0.2) is 5.76 Å². The fourth-order valence-electron chi connectivity index (χ4n) is 3.14. The number of benzene rings is 1. The molecule has 0 bridgehead atoms. The van der Waals surface area contributed by atoms with Gasteiger partial charge in [-0.3, -0.25) is 13.9 Å². The van der Waals surface area contributed by atoms with E-state index >= 15 is 0 Å². The summed E-state index contributed by atoms with van der Waals surface area (Å²) in [5.74, 6) is 0.687. The summed E-state index contributed by atoms with van der Waals surface area (Å²) in [4.78, 5) is 25.4. The number of hydrogen-bond acceptors (Lipinski definition) is 4. The molecule has 1 aromatic carbocycles. The van der Waals surface area contributed by atoms with Crippen molar-refractivity contribution in [1.29, 1.82) is 0 Å². The zero-order chi connectivity index (χ0) is 18.4. The third kappa shape index (κ3) is 2.48. The van der Waals surface area contributed by atoms with Crippen LogP contribution in [-0.4, -0.2) is 18.9 Å². The molecular formula is C19H18N4O3. The predicted molar refractivity (Wildman–Crippen MR) is 98.2 cm³/mol. The standard InChI is InChI=1S/C19H18N4O3/c1-12-10-16(26-20-12)14-6-4-13(5-7-14)11-23-18(24)17-15(8-9-21(17)2)22(3)19(23)25/h4-10H,11H2,1-3H3. The fraction of sp³-hybridized carbons (Fsp3) is 0.211. The van der Waals surface area contributed by atoms with Crippen LogP contribution in [0, 0.1) is 6.92 Å². The van der Waals surface area contributed by atoms with Gasteiger partial charge in [-0.1, -0.05) is 29.4 Å². The highest BCUT2D eigenvalue weighted by Gasteiger charge is 2.14. The number of aromatic nitrogens is 4. The van der Waals surface area contributed by atoms with Crippen molar-refractivity contribution in [1.82, 2.24) is 18.9 Å². The maximum Gasteiger partial charge on any atom is 0.331 e. The van der Waals surface area contributed by atoms with E-state index in [4.69, 9.17) is 4.52 Å². The number of aryl methyl sites for hydroxylation is 3. The monoisotopic (exact) mass is 350 g/mol. The average molecular weight is 350 g/mol. The first-order valence-corrected chi connectivity index (χ1v) is 8.23. The van der Waals surface area contributed by atoms with Gasteiger partial charge in [0, 0.05) is 31.9 Å². The lowest BCUT2D eigenvalue weighted by atomic mass is 10.1. The van der Waals surface area contributed by atoms with Crippen molar-refractivity contribution < 1.29 is 4.52 Å². The van der Waals surface area contributed by atoms with Crippen molar-refractivity contribution in [3.8, 4) is 11.3 Å². The Bertz CT molecular complexity index is 1220. The molecule has 7 nitrogen and oxygen atoms in total. The Balaban J connectivity index is 1.75. The van der Waals surface area contributed by atoms with Crippen molar-refractivity contribution in [3.05, 3.63) is 74.7 Å². The Hall–Kier alpha value is -3.35. The molecule has 0 saturated heterocycles. The van der Waals surface area contributed by atoms with Crippen LogP contribution in [-0.2, 0) is 20.6 Å². The molecular weight excluding hydrogens is 332 g/mol. The second-order valence-electron chi connectivity index (χ2n) is 6.42. The van der Waals surface area contributed by atoms with Crippen molar-refractivity contribution >= 4 is 11.0 Å². The molecule has 0 saturated carbocycles. The van der Waals surface area contributed by atoms with Crippen LogP contribution in [0.25, 0.3) is 22.4 Å². The van der Waals surface area contributed by atoms with Crippen molar-refractivity contribution in [2.24, 2.45) is 14.1 Å². The van der Waals surface area contributed by atoms with Crippen molar-refractivity contribution in [2.75, 3.05) is 0 Å². The summed E-state index contributed by atoms with van der Waals surface area (Å²) in [6.07, 6.45) is 1.78. The fourth-order valence-corrected chi connectivity index (χ4v) is 3.14. The zero-order valence-electron chi connectivity index (χ0n) is 14.8. The summed E-state index contributed by atoms with van der Waals surface area (Å²) in [6, 6.07) is 11.2. The quantitative estimate of drug-likeness (QED) is 0.567. The molecule has 0 N–H and O–H groups in total. The second kappa shape index (κ2) is 5.87. The highest BCUT2D eigenvalue weighted by Crippen LogP contribution is 2.20. The van der Waals surface area contributed by atoms with Gasteiger partial charge in [-0.05, 0) is 18.6 Å². The number of hydrogen-bond donors (Lipinski definition) is 0. The highest BCUT2D eigenvalue weighted by atomic mass is 16.5. The second-order valence-corrected chi connectivity index (χ2v) is 6.42. The SMILES string of the molecule is Cc1cc(-c2ccc(Cn3c(=O)c4c(ccn4C)n(C)c3=O)cc2)on1. The molecule has 3 aromatic heterocycles. The van der Waals surface area contributed by atoms with E-state index in [-0.39, 0.29) is 17.8 Å². The Labute approximate surface area is 148 Å². The lowest BCUT2D eigenvalue weighted by Gasteiger charge is -2.10. The molecule has 0 fully saturated rings. The Morgan fingerprint density at radius 2 is 1.81 bits per heavy atom. The van der Waals surface area contributed by atoms with Gasteiger partial charge in [-0.25, -0.2) is 4.79 Å². The van der Waals surface area contributed by atoms with Crippen LogP contribution in [0.15, 0.2) is 56.7 Å². The van der Waals surface area contributed by atoms with Crippen LogP contribution < -0.4 is 11.2 Å². The summed E-state index contributed by atoms with van der Waals surface area (Å²) in [5.41, 5.74) is 3.10. The Kier molecular flexibility index (Phi) is 3.64. The molecule has 132 valence electrons. The maximum atomic E-state index is 12.8. The van der Waals surface area contributed by atoms with Gasteiger partial charge in [-0.2, -0.15) is 0 Å². The van der Waals surface area contributed by atoms with E-state index in [1.165, 1.54) is 9.13 Å². The third-order valence-electron chi connectivity index (χ3n) is 4.59. The van der Waals surface area contributed by atoms with Crippen molar-refractivity contribution in [3.63, 3.8) is 0 Å². The topological polar surface area (TPSA) is 75.0 Å². The smallest absolute Gasteiger partial charge is 0.331 e. The van der Waals surface area contributed by atoms with Gasteiger partial charge in [-0.15, -0.1) is 0 Å². The number of rotatable bonds is 3. The van der Waals surface area contributed by atoms with Gasteiger partial charge >= 0.3 is 5.69 Å². The van der Waals surface area contributed by atoms with E-state index in [1.807, 2.05) is 37.3 Å². The van der Waals surface area contributed by atoms with E-state index in [1.54, 1.807) is 30.9 Å². The van der Waals surface area contributed by atoms with Crippen LogP contribution in [0.5, 0.6) is 0 Å². The minimum atomic E-state index is -0.330. The first-order valence-electron chi connectivity index (χ1n) is 8.23. The summed E-state index contributed by atoms with van der Waals surface area (Å²) in [5, 5.41) is 3.88. The molecule has 0 atom stereocenters. The average Bonchev–Trinajstić information content (AvgIpc) is 3.23. The van der Waals surface area contributed by atoms with Crippen molar-refractivity contribution in [2.45, 2.75) is 13.5 Å². The molecule has 0 amide bonds.